The molecule has 0 radical (unpaired) electrons. The van der Waals surface area contributed by atoms with Crippen molar-refractivity contribution in [2.45, 2.75) is 11.4 Å². The largest absolute Gasteiger partial charge is 0.368 e. The zero-order valence-electron chi connectivity index (χ0n) is 17.2. The third-order valence-electron chi connectivity index (χ3n) is 5.47. The standard InChI is InChI=1S/C22H27N5O2S/c1-30(28,29)19-7-8-21-20(15-19)22(25-17-24-21)23-9-10-26-11-13-27(14-12-26)16-18-5-3-2-4-6-18/h2-8,15,17H,9-14,16H2,1H3,(H,23,24,25). The summed E-state index contributed by atoms with van der Waals surface area (Å²) in [6.45, 7) is 6.85. The predicted octanol–water partition coefficient (Wildman–Crippen LogP) is 2.26. The van der Waals surface area contributed by atoms with E-state index in [9.17, 15) is 8.42 Å². The van der Waals surface area contributed by atoms with Gasteiger partial charge in [-0.1, -0.05) is 30.3 Å². The number of aromatic nitrogens is 2. The molecular weight excluding hydrogens is 398 g/mol. The number of hydrogen-bond donors (Lipinski definition) is 1. The van der Waals surface area contributed by atoms with Crippen LogP contribution in [0.25, 0.3) is 10.9 Å². The molecule has 7 nitrogen and oxygen atoms in total. The fourth-order valence-corrected chi connectivity index (χ4v) is 4.40. The van der Waals surface area contributed by atoms with Gasteiger partial charge < -0.3 is 5.32 Å². The number of nitrogens with one attached hydrogen (secondary N) is 1. The Labute approximate surface area is 177 Å². The van der Waals surface area contributed by atoms with Crippen LogP contribution in [-0.4, -0.2) is 73.7 Å². The van der Waals surface area contributed by atoms with E-state index in [2.05, 4.69) is 55.4 Å². The first-order valence-corrected chi connectivity index (χ1v) is 12.1. The average molecular weight is 426 g/mol. The van der Waals surface area contributed by atoms with Crippen molar-refractivity contribution in [3.63, 3.8) is 0 Å². The molecule has 2 aromatic carbocycles. The Morgan fingerprint density at radius 2 is 1.70 bits per heavy atom. The van der Waals surface area contributed by atoms with Crippen molar-refractivity contribution in [1.82, 2.24) is 19.8 Å². The summed E-state index contributed by atoms with van der Waals surface area (Å²) in [7, 11) is -3.27. The first-order chi connectivity index (χ1) is 14.5. The fraction of sp³-hybridized carbons (Fsp3) is 0.364. The maximum absolute atomic E-state index is 11.9. The highest BCUT2D eigenvalue weighted by Crippen LogP contribution is 2.22. The van der Waals surface area contributed by atoms with Gasteiger partial charge in [0.15, 0.2) is 9.84 Å². The van der Waals surface area contributed by atoms with Gasteiger partial charge in [-0.25, -0.2) is 18.4 Å². The number of fused-ring (bicyclic) bond motifs is 1. The lowest BCUT2D eigenvalue weighted by atomic mass is 10.2. The van der Waals surface area contributed by atoms with E-state index in [-0.39, 0.29) is 4.90 Å². The molecule has 1 fully saturated rings. The Kier molecular flexibility index (Phi) is 6.26. The zero-order valence-corrected chi connectivity index (χ0v) is 18.0. The summed E-state index contributed by atoms with van der Waals surface area (Å²) in [5.41, 5.74) is 2.09. The first kappa shape index (κ1) is 20.7. The van der Waals surface area contributed by atoms with E-state index in [0.717, 1.165) is 56.7 Å². The molecule has 0 saturated carbocycles. The molecule has 1 aliphatic heterocycles. The number of anilines is 1. The van der Waals surface area contributed by atoms with Crippen LogP contribution >= 0.6 is 0 Å². The summed E-state index contributed by atoms with van der Waals surface area (Å²) in [5, 5.41) is 4.09. The first-order valence-electron chi connectivity index (χ1n) is 10.2. The van der Waals surface area contributed by atoms with Gasteiger partial charge in [0, 0.05) is 57.5 Å². The number of hydrogen-bond acceptors (Lipinski definition) is 7. The van der Waals surface area contributed by atoms with E-state index in [4.69, 9.17) is 0 Å². The van der Waals surface area contributed by atoms with Crippen LogP contribution in [0.1, 0.15) is 5.56 Å². The van der Waals surface area contributed by atoms with Crippen LogP contribution in [0.2, 0.25) is 0 Å². The summed E-state index contributed by atoms with van der Waals surface area (Å²) in [6.07, 6.45) is 2.72. The topological polar surface area (TPSA) is 78.4 Å². The third-order valence-corrected chi connectivity index (χ3v) is 6.58. The van der Waals surface area contributed by atoms with E-state index in [1.807, 2.05) is 0 Å². The molecule has 8 heteroatoms. The van der Waals surface area contributed by atoms with Crippen molar-refractivity contribution in [3.05, 3.63) is 60.4 Å². The normalized spacial score (nSPS) is 16.0. The Morgan fingerprint density at radius 3 is 2.43 bits per heavy atom. The zero-order chi connectivity index (χ0) is 21.0. The smallest absolute Gasteiger partial charge is 0.175 e. The number of nitrogens with zero attached hydrogens (tertiary/aromatic N) is 4. The van der Waals surface area contributed by atoms with Crippen molar-refractivity contribution in [2.24, 2.45) is 0 Å². The van der Waals surface area contributed by atoms with E-state index in [1.165, 1.54) is 18.1 Å². The second kappa shape index (κ2) is 9.07. The molecule has 1 aliphatic rings. The minimum Gasteiger partial charge on any atom is -0.368 e. The maximum atomic E-state index is 11.9. The van der Waals surface area contributed by atoms with Crippen LogP contribution in [0.15, 0.2) is 59.8 Å². The molecular formula is C22H27N5O2S. The Balaban J connectivity index is 1.31. The van der Waals surface area contributed by atoms with Crippen LogP contribution in [0.5, 0.6) is 0 Å². The number of benzene rings is 2. The monoisotopic (exact) mass is 425 g/mol. The number of piperazine rings is 1. The third kappa shape index (κ3) is 5.13. The molecule has 1 aromatic heterocycles. The molecule has 0 atom stereocenters. The summed E-state index contributed by atoms with van der Waals surface area (Å²) in [4.78, 5) is 13.8. The van der Waals surface area contributed by atoms with Crippen molar-refractivity contribution in [3.8, 4) is 0 Å². The van der Waals surface area contributed by atoms with Crippen LogP contribution < -0.4 is 5.32 Å². The van der Waals surface area contributed by atoms with Gasteiger partial charge in [0.05, 0.1) is 10.4 Å². The molecule has 0 unspecified atom stereocenters. The lowest BCUT2D eigenvalue weighted by Gasteiger charge is -2.34. The quantitative estimate of drug-likeness (QED) is 0.622. The van der Waals surface area contributed by atoms with E-state index < -0.39 is 9.84 Å². The SMILES string of the molecule is CS(=O)(=O)c1ccc2ncnc(NCCN3CCN(Cc4ccccc4)CC3)c2c1. The van der Waals surface area contributed by atoms with Crippen LogP contribution in [-0.2, 0) is 16.4 Å². The Hall–Kier alpha value is -2.55. The van der Waals surface area contributed by atoms with Crippen molar-refractivity contribution in [1.29, 1.82) is 0 Å². The van der Waals surface area contributed by atoms with Crippen molar-refractivity contribution >= 4 is 26.6 Å². The molecule has 158 valence electrons. The summed E-state index contributed by atoms with van der Waals surface area (Å²) in [5.74, 6) is 0.674. The van der Waals surface area contributed by atoms with E-state index in [0.29, 0.717) is 5.82 Å². The number of rotatable bonds is 7. The van der Waals surface area contributed by atoms with Gasteiger partial charge >= 0.3 is 0 Å². The Morgan fingerprint density at radius 1 is 0.967 bits per heavy atom. The molecule has 0 bridgehead atoms. The molecule has 2 heterocycles. The molecule has 3 aromatic rings. The minimum atomic E-state index is -3.27. The summed E-state index contributed by atoms with van der Waals surface area (Å²) >= 11 is 0. The van der Waals surface area contributed by atoms with E-state index >= 15 is 0 Å². The number of sulfone groups is 1. The summed E-state index contributed by atoms with van der Waals surface area (Å²) < 4.78 is 23.8. The van der Waals surface area contributed by atoms with Crippen LogP contribution in [0, 0.1) is 0 Å². The Bertz CT molecular complexity index is 1100. The molecule has 30 heavy (non-hydrogen) atoms. The van der Waals surface area contributed by atoms with E-state index in [1.54, 1.807) is 18.2 Å². The van der Waals surface area contributed by atoms with Gasteiger partial charge in [0.1, 0.15) is 12.1 Å². The van der Waals surface area contributed by atoms with Gasteiger partial charge in [0.25, 0.3) is 0 Å². The maximum Gasteiger partial charge on any atom is 0.175 e. The van der Waals surface area contributed by atoms with Gasteiger partial charge in [-0.05, 0) is 23.8 Å². The van der Waals surface area contributed by atoms with Gasteiger partial charge in [0.2, 0.25) is 0 Å². The lowest BCUT2D eigenvalue weighted by Crippen LogP contribution is -2.47. The molecule has 1 N–H and O–H groups in total. The lowest BCUT2D eigenvalue weighted by molar-refractivity contribution is 0.130. The molecule has 1 saturated heterocycles. The molecule has 0 aliphatic carbocycles. The highest BCUT2D eigenvalue weighted by Gasteiger charge is 2.17. The second-order valence-corrected chi connectivity index (χ2v) is 9.72. The molecule has 0 amide bonds. The predicted molar refractivity (Wildman–Crippen MR) is 119 cm³/mol. The highest BCUT2D eigenvalue weighted by atomic mass is 32.2. The van der Waals surface area contributed by atoms with Crippen LogP contribution in [0.3, 0.4) is 0 Å². The van der Waals surface area contributed by atoms with Crippen molar-refractivity contribution < 1.29 is 8.42 Å². The molecule has 0 spiro atoms. The van der Waals surface area contributed by atoms with Crippen LogP contribution in [0.4, 0.5) is 5.82 Å². The van der Waals surface area contributed by atoms with Gasteiger partial charge in [-0.3, -0.25) is 9.80 Å². The average Bonchev–Trinajstić information content (AvgIpc) is 2.75. The second-order valence-electron chi connectivity index (χ2n) is 7.70. The van der Waals surface area contributed by atoms with Crippen molar-refractivity contribution in [2.75, 3.05) is 50.8 Å². The fourth-order valence-electron chi connectivity index (χ4n) is 3.75. The van der Waals surface area contributed by atoms with Gasteiger partial charge in [-0.15, -0.1) is 0 Å². The highest BCUT2D eigenvalue weighted by molar-refractivity contribution is 7.90. The molecule has 4 rings (SSSR count). The van der Waals surface area contributed by atoms with Gasteiger partial charge in [-0.2, -0.15) is 0 Å². The summed E-state index contributed by atoms with van der Waals surface area (Å²) in [6, 6.07) is 15.6. The minimum absolute atomic E-state index is 0.280.